The SMILES string of the molecule is CN1C(=O)C(C)(c2ccc(Nc3nc(-c4c(F)cccc4F)nc4c3C(=O)NC4)cc2)CC1(C)C. The average molecular weight is 478 g/mol. The number of likely N-dealkylation sites (tertiary alicyclic amines) is 1. The third-order valence-electron chi connectivity index (χ3n) is 7.07. The highest BCUT2D eigenvalue weighted by atomic mass is 19.1. The van der Waals surface area contributed by atoms with Crippen molar-refractivity contribution >= 4 is 23.3 Å². The summed E-state index contributed by atoms with van der Waals surface area (Å²) in [4.78, 5) is 35.8. The van der Waals surface area contributed by atoms with Gasteiger partial charge in [0, 0.05) is 18.3 Å². The molecule has 35 heavy (non-hydrogen) atoms. The van der Waals surface area contributed by atoms with Crippen molar-refractivity contribution in [1.82, 2.24) is 20.2 Å². The summed E-state index contributed by atoms with van der Waals surface area (Å²) in [6, 6.07) is 10.9. The molecule has 1 saturated heterocycles. The summed E-state index contributed by atoms with van der Waals surface area (Å²) in [5.74, 6) is -1.89. The molecule has 3 heterocycles. The minimum absolute atomic E-state index is 0.0602. The van der Waals surface area contributed by atoms with Gasteiger partial charge in [-0.05, 0) is 57.0 Å². The molecule has 0 saturated carbocycles. The van der Waals surface area contributed by atoms with E-state index in [9.17, 15) is 18.4 Å². The number of fused-ring (bicyclic) bond motifs is 1. The van der Waals surface area contributed by atoms with Crippen LogP contribution in [0.5, 0.6) is 0 Å². The van der Waals surface area contributed by atoms with Crippen molar-refractivity contribution < 1.29 is 18.4 Å². The van der Waals surface area contributed by atoms with Crippen LogP contribution in [0.15, 0.2) is 42.5 Å². The highest BCUT2D eigenvalue weighted by Crippen LogP contribution is 2.44. The molecule has 0 spiro atoms. The van der Waals surface area contributed by atoms with E-state index in [4.69, 9.17) is 0 Å². The number of hydrogen-bond donors (Lipinski definition) is 2. The summed E-state index contributed by atoms with van der Waals surface area (Å²) in [7, 11) is 1.82. The monoisotopic (exact) mass is 477 g/mol. The van der Waals surface area contributed by atoms with Gasteiger partial charge in [0.2, 0.25) is 5.91 Å². The molecule has 1 fully saturated rings. The van der Waals surface area contributed by atoms with E-state index in [0.29, 0.717) is 17.8 Å². The summed E-state index contributed by atoms with van der Waals surface area (Å²) in [6.45, 7) is 6.17. The van der Waals surface area contributed by atoms with E-state index < -0.39 is 17.0 Å². The van der Waals surface area contributed by atoms with Crippen LogP contribution in [-0.4, -0.2) is 39.3 Å². The number of halogens is 2. The van der Waals surface area contributed by atoms with E-state index in [1.807, 2.05) is 40.0 Å². The predicted molar refractivity (Wildman–Crippen MR) is 127 cm³/mol. The van der Waals surface area contributed by atoms with Crippen LogP contribution >= 0.6 is 0 Å². The van der Waals surface area contributed by atoms with Gasteiger partial charge < -0.3 is 15.5 Å². The number of amides is 2. The van der Waals surface area contributed by atoms with Gasteiger partial charge in [0.05, 0.1) is 23.2 Å². The standard InChI is InChI=1S/C26H25F2N5O2/c1-25(2)13-26(3,24(35)33(25)4)14-8-10-15(11-9-14)30-22-20-18(12-29-23(20)34)31-21(32-22)19-16(27)6-5-7-17(19)28/h5-11H,12-13H2,1-4H3,(H,29,34)(H,30,31,32). The van der Waals surface area contributed by atoms with Crippen LogP contribution in [0.1, 0.15) is 48.8 Å². The van der Waals surface area contributed by atoms with Crippen LogP contribution in [0.25, 0.3) is 11.4 Å². The minimum atomic E-state index is -0.792. The van der Waals surface area contributed by atoms with Crippen molar-refractivity contribution in [2.24, 2.45) is 0 Å². The average Bonchev–Trinajstić information content (AvgIpc) is 3.25. The highest BCUT2D eigenvalue weighted by molar-refractivity contribution is 6.03. The molecule has 180 valence electrons. The summed E-state index contributed by atoms with van der Waals surface area (Å²) in [5.41, 5.74) is 0.818. The Bertz CT molecular complexity index is 1350. The van der Waals surface area contributed by atoms with Crippen molar-refractivity contribution in [3.63, 3.8) is 0 Å². The molecule has 5 rings (SSSR count). The van der Waals surface area contributed by atoms with Gasteiger partial charge >= 0.3 is 0 Å². The predicted octanol–water partition coefficient (Wildman–Crippen LogP) is 4.31. The van der Waals surface area contributed by atoms with Gasteiger partial charge in [-0.15, -0.1) is 0 Å². The van der Waals surface area contributed by atoms with Gasteiger partial charge in [0.25, 0.3) is 5.91 Å². The Kier molecular flexibility index (Phi) is 5.12. The van der Waals surface area contributed by atoms with E-state index in [1.165, 1.54) is 6.07 Å². The lowest BCUT2D eigenvalue weighted by Crippen LogP contribution is -2.38. The Morgan fingerprint density at radius 1 is 0.971 bits per heavy atom. The van der Waals surface area contributed by atoms with Crippen LogP contribution in [0.2, 0.25) is 0 Å². The lowest BCUT2D eigenvalue weighted by atomic mass is 9.77. The smallest absolute Gasteiger partial charge is 0.257 e. The number of hydrogen-bond acceptors (Lipinski definition) is 5. The quantitative estimate of drug-likeness (QED) is 0.585. The molecule has 1 aromatic heterocycles. The number of carbonyl (C=O) groups excluding carboxylic acids is 2. The van der Waals surface area contributed by atoms with Crippen LogP contribution in [0, 0.1) is 11.6 Å². The summed E-state index contributed by atoms with van der Waals surface area (Å²) in [5, 5.41) is 5.77. The second kappa shape index (κ2) is 7.83. The van der Waals surface area contributed by atoms with E-state index in [1.54, 1.807) is 17.0 Å². The maximum Gasteiger partial charge on any atom is 0.257 e. The zero-order valence-electron chi connectivity index (χ0n) is 19.9. The fourth-order valence-electron chi connectivity index (χ4n) is 5.03. The fourth-order valence-corrected chi connectivity index (χ4v) is 5.03. The first kappa shape index (κ1) is 22.9. The summed E-state index contributed by atoms with van der Waals surface area (Å²) >= 11 is 0. The molecule has 2 N–H and O–H groups in total. The molecule has 7 nitrogen and oxygen atoms in total. The lowest BCUT2D eigenvalue weighted by molar-refractivity contribution is -0.132. The maximum atomic E-state index is 14.4. The Balaban J connectivity index is 1.51. The van der Waals surface area contributed by atoms with Crippen LogP contribution in [-0.2, 0) is 16.8 Å². The molecule has 3 aromatic rings. The molecule has 0 radical (unpaired) electrons. The summed E-state index contributed by atoms with van der Waals surface area (Å²) < 4.78 is 28.8. The molecule has 2 aromatic carbocycles. The molecular formula is C26H25F2N5O2. The zero-order chi connectivity index (χ0) is 25.1. The molecule has 0 bridgehead atoms. The first-order chi connectivity index (χ1) is 16.5. The van der Waals surface area contributed by atoms with Crippen LogP contribution in [0.3, 0.4) is 0 Å². The Morgan fingerprint density at radius 3 is 2.23 bits per heavy atom. The molecule has 1 atom stereocenters. The molecule has 2 aliphatic heterocycles. The second-order valence-corrected chi connectivity index (χ2v) is 9.88. The fraction of sp³-hybridized carbons (Fsp3) is 0.308. The number of likely N-dealkylation sites (N-methyl/N-ethyl adjacent to an activating group) is 1. The number of aromatic nitrogens is 2. The van der Waals surface area contributed by atoms with Gasteiger partial charge in [-0.2, -0.15) is 0 Å². The van der Waals surface area contributed by atoms with Crippen molar-refractivity contribution in [3.05, 3.63) is 70.9 Å². The number of anilines is 2. The normalized spacial score (nSPS) is 20.7. The van der Waals surface area contributed by atoms with E-state index in [0.717, 1.165) is 17.7 Å². The zero-order valence-corrected chi connectivity index (χ0v) is 19.9. The second-order valence-electron chi connectivity index (χ2n) is 9.88. The van der Waals surface area contributed by atoms with Gasteiger partial charge in [-0.3, -0.25) is 9.59 Å². The van der Waals surface area contributed by atoms with Gasteiger partial charge in [-0.25, -0.2) is 18.7 Å². The molecule has 0 aliphatic carbocycles. The largest absolute Gasteiger partial charge is 0.346 e. The van der Waals surface area contributed by atoms with E-state index in [2.05, 4.69) is 20.6 Å². The molecular weight excluding hydrogens is 452 g/mol. The Morgan fingerprint density at radius 2 is 1.63 bits per heavy atom. The van der Waals surface area contributed by atoms with Crippen molar-refractivity contribution in [2.45, 2.75) is 44.7 Å². The van der Waals surface area contributed by atoms with Gasteiger partial charge in [0.1, 0.15) is 23.0 Å². The Labute approximate surface area is 201 Å². The number of nitrogens with one attached hydrogen (secondary N) is 2. The topological polar surface area (TPSA) is 87.2 Å². The van der Waals surface area contributed by atoms with E-state index in [-0.39, 0.29) is 46.7 Å². The van der Waals surface area contributed by atoms with Gasteiger partial charge in [0.15, 0.2) is 5.82 Å². The molecule has 2 aliphatic rings. The van der Waals surface area contributed by atoms with Crippen molar-refractivity contribution in [3.8, 4) is 11.4 Å². The van der Waals surface area contributed by atoms with Crippen molar-refractivity contribution in [2.75, 3.05) is 12.4 Å². The first-order valence-corrected chi connectivity index (χ1v) is 11.3. The number of carbonyl (C=O) groups is 2. The van der Waals surface area contributed by atoms with E-state index >= 15 is 0 Å². The van der Waals surface area contributed by atoms with Crippen molar-refractivity contribution in [1.29, 1.82) is 0 Å². The number of rotatable bonds is 4. The maximum absolute atomic E-state index is 14.4. The number of nitrogens with zero attached hydrogens (tertiary/aromatic N) is 3. The van der Waals surface area contributed by atoms with Crippen LogP contribution < -0.4 is 10.6 Å². The molecule has 9 heteroatoms. The molecule has 1 unspecified atom stereocenters. The minimum Gasteiger partial charge on any atom is -0.346 e. The lowest BCUT2D eigenvalue weighted by Gasteiger charge is -2.26. The Hall–Kier alpha value is -3.88. The molecule has 2 amide bonds. The number of benzene rings is 2. The first-order valence-electron chi connectivity index (χ1n) is 11.3. The summed E-state index contributed by atoms with van der Waals surface area (Å²) in [6.07, 6.45) is 0.680. The third-order valence-corrected chi connectivity index (χ3v) is 7.07. The highest BCUT2D eigenvalue weighted by Gasteiger charge is 2.51. The van der Waals surface area contributed by atoms with Crippen LogP contribution in [0.4, 0.5) is 20.3 Å². The van der Waals surface area contributed by atoms with Gasteiger partial charge in [-0.1, -0.05) is 18.2 Å². The third kappa shape index (κ3) is 3.62.